The van der Waals surface area contributed by atoms with Crippen molar-refractivity contribution in [2.24, 2.45) is 0 Å². The van der Waals surface area contributed by atoms with E-state index in [1.807, 2.05) is 13.8 Å². The van der Waals surface area contributed by atoms with Gasteiger partial charge in [-0.15, -0.1) is 0 Å². The molecule has 2 atom stereocenters. The van der Waals surface area contributed by atoms with Crippen LogP contribution in [-0.2, 0) is 4.79 Å². The minimum Gasteiger partial charge on any atom is -0.480 e. The summed E-state index contributed by atoms with van der Waals surface area (Å²) in [4.78, 5) is 22.7. The molecule has 0 saturated heterocycles. The molecule has 0 saturated carbocycles. The van der Waals surface area contributed by atoms with Gasteiger partial charge in [0.05, 0.1) is 0 Å². The summed E-state index contributed by atoms with van der Waals surface area (Å²) in [6.07, 6.45) is 6.50. The van der Waals surface area contributed by atoms with E-state index < -0.39 is 12.0 Å². The zero-order chi connectivity index (χ0) is 14.7. The van der Waals surface area contributed by atoms with E-state index in [0.29, 0.717) is 6.42 Å². The molecule has 0 radical (unpaired) electrons. The summed E-state index contributed by atoms with van der Waals surface area (Å²) in [7, 11) is 0. The van der Waals surface area contributed by atoms with Gasteiger partial charge in [-0.3, -0.25) is 0 Å². The molecule has 0 bridgehead atoms. The molecule has 5 nitrogen and oxygen atoms in total. The van der Waals surface area contributed by atoms with E-state index in [-0.39, 0.29) is 12.1 Å². The number of hydrogen-bond donors (Lipinski definition) is 3. The van der Waals surface area contributed by atoms with E-state index in [0.717, 1.165) is 38.5 Å². The molecule has 0 aliphatic carbocycles. The highest BCUT2D eigenvalue weighted by Crippen LogP contribution is 2.04. The predicted octanol–water partition coefficient (Wildman–Crippen LogP) is 2.90. The summed E-state index contributed by atoms with van der Waals surface area (Å²) in [5.74, 6) is -0.970. The number of nitrogens with one attached hydrogen (secondary N) is 2. The van der Waals surface area contributed by atoms with E-state index in [9.17, 15) is 9.59 Å². The maximum atomic E-state index is 11.7. The lowest BCUT2D eigenvalue weighted by Crippen LogP contribution is -2.48. The number of unbranched alkanes of at least 4 members (excludes halogenated alkanes) is 3. The van der Waals surface area contributed by atoms with Gasteiger partial charge in [-0.1, -0.05) is 46.0 Å². The lowest BCUT2D eigenvalue weighted by molar-refractivity contribution is -0.139. The molecule has 3 N–H and O–H groups in total. The van der Waals surface area contributed by atoms with Gasteiger partial charge < -0.3 is 15.7 Å². The largest absolute Gasteiger partial charge is 0.480 e. The van der Waals surface area contributed by atoms with Crippen LogP contribution in [0.15, 0.2) is 0 Å². The van der Waals surface area contributed by atoms with Crippen molar-refractivity contribution >= 4 is 12.0 Å². The van der Waals surface area contributed by atoms with Crippen molar-refractivity contribution in [2.75, 3.05) is 0 Å². The first-order valence-corrected chi connectivity index (χ1v) is 7.31. The minimum atomic E-state index is -0.970. The second-order valence-corrected chi connectivity index (χ2v) is 5.05. The quantitative estimate of drug-likeness (QED) is 0.535. The molecule has 0 aromatic rings. The Labute approximate surface area is 116 Å². The number of urea groups is 1. The minimum absolute atomic E-state index is 0.0761. The molecule has 0 aromatic heterocycles. The van der Waals surface area contributed by atoms with E-state index >= 15 is 0 Å². The predicted molar refractivity (Wildman–Crippen MR) is 76.2 cm³/mol. The zero-order valence-electron chi connectivity index (χ0n) is 12.4. The van der Waals surface area contributed by atoms with Crippen LogP contribution >= 0.6 is 0 Å². The summed E-state index contributed by atoms with van der Waals surface area (Å²) in [6.45, 7) is 6.07. The second-order valence-electron chi connectivity index (χ2n) is 5.05. The fourth-order valence-electron chi connectivity index (χ4n) is 1.86. The van der Waals surface area contributed by atoms with Gasteiger partial charge in [-0.2, -0.15) is 0 Å². The van der Waals surface area contributed by atoms with Crippen LogP contribution in [0.4, 0.5) is 4.79 Å². The number of carbonyl (C=O) groups excluding carboxylic acids is 1. The standard InChI is InChI=1S/C14H28N2O3/c1-4-6-8-9-11(3)15-14(19)16-12(13(17)18)10-7-5-2/h11-12H,4-10H2,1-3H3,(H,17,18)(H2,15,16,19). The highest BCUT2D eigenvalue weighted by atomic mass is 16.4. The maximum Gasteiger partial charge on any atom is 0.326 e. The molecule has 2 unspecified atom stereocenters. The van der Waals surface area contributed by atoms with Crippen molar-refractivity contribution in [3.05, 3.63) is 0 Å². The lowest BCUT2D eigenvalue weighted by atomic mass is 10.1. The molecule has 0 heterocycles. The third-order valence-electron chi connectivity index (χ3n) is 3.07. The fourth-order valence-corrected chi connectivity index (χ4v) is 1.86. The Balaban J connectivity index is 4.00. The Morgan fingerprint density at radius 1 is 1.00 bits per heavy atom. The average molecular weight is 272 g/mol. The zero-order valence-corrected chi connectivity index (χ0v) is 12.4. The number of carboxylic acid groups (broad SMARTS) is 1. The fraction of sp³-hybridized carbons (Fsp3) is 0.857. The SMILES string of the molecule is CCCCCC(C)NC(=O)NC(CCCC)C(=O)O. The van der Waals surface area contributed by atoms with E-state index in [1.165, 1.54) is 0 Å². The van der Waals surface area contributed by atoms with Gasteiger partial charge in [0.2, 0.25) is 0 Å². The van der Waals surface area contributed by atoms with Crippen LogP contribution in [0.3, 0.4) is 0 Å². The van der Waals surface area contributed by atoms with Crippen LogP contribution in [0.2, 0.25) is 0 Å². The topological polar surface area (TPSA) is 78.4 Å². The highest BCUT2D eigenvalue weighted by molar-refractivity contribution is 5.82. The van der Waals surface area contributed by atoms with Crippen molar-refractivity contribution in [1.82, 2.24) is 10.6 Å². The van der Waals surface area contributed by atoms with Gasteiger partial charge in [0, 0.05) is 6.04 Å². The number of rotatable bonds is 10. The molecule has 5 heteroatoms. The number of aliphatic carboxylic acids is 1. The number of carboxylic acids is 1. The molecule has 0 aliphatic rings. The first-order chi connectivity index (χ1) is 9.01. The van der Waals surface area contributed by atoms with Crippen LogP contribution < -0.4 is 10.6 Å². The van der Waals surface area contributed by atoms with E-state index in [2.05, 4.69) is 17.6 Å². The molecule has 2 amide bonds. The van der Waals surface area contributed by atoms with Crippen LogP contribution in [0.25, 0.3) is 0 Å². The van der Waals surface area contributed by atoms with Crippen molar-refractivity contribution in [2.45, 2.75) is 77.8 Å². The summed E-state index contributed by atoms with van der Waals surface area (Å²) in [5, 5.41) is 14.3. The molecule has 0 fully saturated rings. The molecule has 0 rings (SSSR count). The molecular formula is C14H28N2O3. The van der Waals surface area contributed by atoms with Crippen molar-refractivity contribution < 1.29 is 14.7 Å². The Hall–Kier alpha value is -1.26. The highest BCUT2D eigenvalue weighted by Gasteiger charge is 2.19. The van der Waals surface area contributed by atoms with Crippen LogP contribution in [0.5, 0.6) is 0 Å². The Morgan fingerprint density at radius 2 is 1.63 bits per heavy atom. The monoisotopic (exact) mass is 272 g/mol. The Kier molecular flexibility index (Phi) is 9.94. The summed E-state index contributed by atoms with van der Waals surface area (Å²) in [6, 6.07) is -1.09. The van der Waals surface area contributed by atoms with Crippen molar-refractivity contribution in [3.63, 3.8) is 0 Å². The van der Waals surface area contributed by atoms with Crippen LogP contribution in [0, 0.1) is 0 Å². The summed E-state index contributed by atoms with van der Waals surface area (Å²) in [5.41, 5.74) is 0. The molecule has 112 valence electrons. The van der Waals surface area contributed by atoms with Crippen LogP contribution in [-0.4, -0.2) is 29.2 Å². The van der Waals surface area contributed by atoms with Crippen LogP contribution in [0.1, 0.15) is 65.7 Å². The van der Waals surface area contributed by atoms with E-state index in [1.54, 1.807) is 0 Å². The molecule has 0 aromatic carbocycles. The molecule has 0 aliphatic heterocycles. The van der Waals surface area contributed by atoms with Crippen molar-refractivity contribution in [3.8, 4) is 0 Å². The summed E-state index contributed by atoms with van der Waals surface area (Å²) < 4.78 is 0. The Morgan fingerprint density at radius 3 is 2.16 bits per heavy atom. The van der Waals surface area contributed by atoms with Crippen molar-refractivity contribution in [1.29, 1.82) is 0 Å². The first kappa shape index (κ1) is 17.7. The van der Waals surface area contributed by atoms with Gasteiger partial charge in [-0.25, -0.2) is 9.59 Å². The van der Waals surface area contributed by atoms with Gasteiger partial charge in [0.15, 0.2) is 0 Å². The average Bonchev–Trinajstić information content (AvgIpc) is 2.34. The normalized spacial score (nSPS) is 13.6. The number of carbonyl (C=O) groups is 2. The number of hydrogen-bond acceptors (Lipinski definition) is 2. The summed E-state index contributed by atoms with van der Waals surface area (Å²) >= 11 is 0. The smallest absolute Gasteiger partial charge is 0.326 e. The third kappa shape index (κ3) is 9.33. The second kappa shape index (κ2) is 10.6. The van der Waals surface area contributed by atoms with E-state index in [4.69, 9.17) is 5.11 Å². The third-order valence-corrected chi connectivity index (χ3v) is 3.07. The Bertz CT molecular complexity index is 269. The van der Waals surface area contributed by atoms with Gasteiger partial charge >= 0.3 is 12.0 Å². The van der Waals surface area contributed by atoms with Gasteiger partial charge in [-0.05, 0) is 19.8 Å². The molecular weight excluding hydrogens is 244 g/mol. The lowest BCUT2D eigenvalue weighted by Gasteiger charge is -2.18. The number of amides is 2. The first-order valence-electron chi connectivity index (χ1n) is 7.31. The molecule has 19 heavy (non-hydrogen) atoms. The maximum absolute atomic E-state index is 11.7. The van der Waals surface area contributed by atoms with Gasteiger partial charge in [0.1, 0.15) is 6.04 Å². The van der Waals surface area contributed by atoms with Gasteiger partial charge in [0.25, 0.3) is 0 Å². The molecule has 0 spiro atoms.